The van der Waals surface area contributed by atoms with E-state index < -0.39 is 11.7 Å². The van der Waals surface area contributed by atoms with Crippen molar-refractivity contribution in [2.75, 3.05) is 13.7 Å². The lowest BCUT2D eigenvalue weighted by Crippen LogP contribution is -2.45. The maximum absolute atomic E-state index is 12.7. The number of nitrogens with zero attached hydrogens (tertiary/aromatic N) is 2. The first kappa shape index (κ1) is 12.8. The van der Waals surface area contributed by atoms with Crippen molar-refractivity contribution in [3.8, 4) is 0 Å². The van der Waals surface area contributed by atoms with Crippen LogP contribution < -0.4 is 4.48 Å². The fourth-order valence-electron chi connectivity index (χ4n) is 1.85. The summed E-state index contributed by atoms with van der Waals surface area (Å²) >= 11 is 0. The molecule has 1 heterocycles. The summed E-state index contributed by atoms with van der Waals surface area (Å²) in [6, 6.07) is 5.02. The van der Waals surface area contributed by atoms with E-state index in [1.165, 1.54) is 12.3 Å². The molecule has 0 fully saturated rings. The molecule has 1 N–H and O–H groups in total. The normalized spacial score (nSPS) is 23.3. The van der Waals surface area contributed by atoms with Crippen molar-refractivity contribution in [3.63, 3.8) is 0 Å². The van der Waals surface area contributed by atoms with E-state index in [1.54, 1.807) is 19.3 Å². The van der Waals surface area contributed by atoms with Crippen molar-refractivity contribution in [3.05, 3.63) is 42.2 Å². The number of alkyl halides is 3. The second kappa shape index (κ2) is 4.22. The van der Waals surface area contributed by atoms with Gasteiger partial charge in [0.2, 0.25) is 5.84 Å². The first-order valence-corrected chi connectivity index (χ1v) is 5.28. The minimum Gasteiger partial charge on any atom is -0.384 e. The van der Waals surface area contributed by atoms with Gasteiger partial charge in [-0.2, -0.15) is 13.2 Å². The van der Waals surface area contributed by atoms with Gasteiger partial charge >= 0.3 is 6.18 Å². The maximum Gasteiger partial charge on any atom is 0.416 e. The van der Waals surface area contributed by atoms with Crippen LogP contribution in [0.25, 0.3) is 0 Å². The molecule has 6 heteroatoms. The summed E-state index contributed by atoms with van der Waals surface area (Å²) in [4.78, 5) is 3.95. The van der Waals surface area contributed by atoms with Crippen LogP contribution in [-0.4, -0.2) is 24.6 Å². The molecule has 0 aromatic heterocycles. The number of hydrogen-bond donors (Lipinski definition) is 1. The third-order valence-corrected chi connectivity index (χ3v) is 2.98. The fraction of sp³-hybridized carbons (Fsp3) is 0.250. The molecular weight excluding hydrogens is 245 g/mol. The predicted molar refractivity (Wildman–Crippen MR) is 62.8 cm³/mol. The summed E-state index contributed by atoms with van der Waals surface area (Å²) in [5.41, 5.74) is -0.302. The third-order valence-electron chi connectivity index (χ3n) is 2.98. The predicted octanol–water partition coefficient (Wildman–Crippen LogP) is 2.52. The first-order valence-electron chi connectivity index (χ1n) is 5.28. The summed E-state index contributed by atoms with van der Waals surface area (Å²) in [6.07, 6.45) is -1.28. The number of benzene rings is 1. The molecule has 0 saturated carbocycles. The minimum atomic E-state index is -4.38. The lowest BCUT2D eigenvalue weighted by molar-refractivity contribution is -0.137. The molecule has 0 amide bonds. The minimum absolute atomic E-state index is 0.0413. The summed E-state index contributed by atoms with van der Waals surface area (Å²) in [7, 11) is 1.67. The van der Waals surface area contributed by atoms with Gasteiger partial charge in [-0.15, -0.1) is 0 Å². The largest absolute Gasteiger partial charge is 0.416 e. The van der Waals surface area contributed by atoms with Gasteiger partial charge in [-0.1, -0.05) is 6.07 Å². The number of aliphatic hydroxyl groups is 1. The Bertz CT molecular complexity index is 522. The van der Waals surface area contributed by atoms with Crippen LogP contribution in [0.5, 0.6) is 0 Å². The Morgan fingerprint density at radius 1 is 1.33 bits per heavy atom. The average molecular weight is 257 g/mol. The number of amidine groups is 1. The lowest BCUT2D eigenvalue weighted by Gasteiger charge is -2.26. The van der Waals surface area contributed by atoms with Crippen LogP contribution in [0, 0.1) is 0 Å². The number of aliphatic hydroxyl groups excluding tert-OH is 1. The van der Waals surface area contributed by atoms with Gasteiger partial charge in [0.15, 0.2) is 0 Å². The van der Waals surface area contributed by atoms with E-state index in [9.17, 15) is 18.3 Å². The Labute approximate surface area is 102 Å². The second-order valence-electron chi connectivity index (χ2n) is 4.13. The van der Waals surface area contributed by atoms with Crippen LogP contribution in [0.1, 0.15) is 5.56 Å². The molecule has 0 saturated heterocycles. The topological polar surface area (TPSA) is 32.6 Å². The quantitative estimate of drug-likeness (QED) is 0.811. The third kappa shape index (κ3) is 2.04. The molecule has 1 aliphatic heterocycles. The zero-order chi connectivity index (χ0) is 13.4. The van der Waals surface area contributed by atoms with E-state index in [1.807, 2.05) is 0 Å². The monoisotopic (exact) mass is 257 g/mol. The lowest BCUT2D eigenvalue weighted by atomic mass is 10.1. The van der Waals surface area contributed by atoms with Crippen molar-refractivity contribution in [2.45, 2.75) is 6.18 Å². The van der Waals surface area contributed by atoms with Crippen molar-refractivity contribution >= 4 is 11.5 Å². The van der Waals surface area contributed by atoms with E-state index in [-0.39, 0.29) is 11.1 Å². The number of quaternary nitrogens is 1. The Hall–Kier alpha value is -1.66. The Morgan fingerprint density at radius 2 is 2.06 bits per heavy atom. The maximum atomic E-state index is 12.7. The highest BCUT2D eigenvalue weighted by Crippen LogP contribution is 2.34. The molecule has 0 aliphatic carbocycles. The van der Waals surface area contributed by atoms with Gasteiger partial charge < -0.3 is 5.11 Å². The first-order chi connectivity index (χ1) is 8.38. The fourth-order valence-corrected chi connectivity index (χ4v) is 1.85. The summed E-state index contributed by atoms with van der Waals surface area (Å²) < 4.78 is 37.9. The molecule has 18 heavy (non-hydrogen) atoms. The summed E-state index contributed by atoms with van der Waals surface area (Å²) in [5, 5.41) is 9.18. The van der Waals surface area contributed by atoms with E-state index >= 15 is 0 Å². The Balaban J connectivity index is 2.47. The van der Waals surface area contributed by atoms with Crippen LogP contribution in [-0.2, 0) is 6.18 Å². The van der Waals surface area contributed by atoms with Gasteiger partial charge in [-0.05, 0) is 6.07 Å². The summed E-state index contributed by atoms with van der Waals surface area (Å²) in [6.45, 7) is -0.306. The molecule has 1 aromatic carbocycles. The molecule has 1 atom stereocenters. The van der Waals surface area contributed by atoms with E-state index in [2.05, 4.69) is 4.99 Å². The van der Waals surface area contributed by atoms with Gasteiger partial charge in [0.1, 0.15) is 18.5 Å². The van der Waals surface area contributed by atoms with Crippen molar-refractivity contribution in [1.82, 2.24) is 4.48 Å². The van der Waals surface area contributed by atoms with Gasteiger partial charge in [0, 0.05) is 12.1 Å². The van der Waals surface area contributed by atoms with Gasteiger partial charge in [0.25, 0.3) is 0 Å². The van der Waals surface area contributed by atoms with Crippen LogP contribution in [0.3, 0.4) is 0 Å². The molecule has 0 spiro atoms. The van der Waals surface area contributed by atoms with E-state index in [0.717, 1.165) is 12.1 Å². The number of likely N-dealkylation sites (N-methyl/N-ethyl adjacent to an activating group) is 1. The highest BCUT2D eigenvalue weighted by Gasteiger charge is 2.36. The number of aliphatic imine (C=N–C) groups is 1. The van der Waals surface area contributed by atoms with Crippen LogP contribution >= 0.6 is 0 Å². The zero-order valence-electron chi connectivity index (χ0n) is 9.65. The smallest absolute Gasteiger partial charge is 0.384 e. The highest BCUT2D eigenvalue weighted by atomic mass is 19.4. The molecule has 1 aliphatic rings. The average Bonchev–Trinajstić information content (AvgIpc) is 2.71. The standard InChI is InChI=1S/C12H12F3N2O/c1-17(6-5-16-11(17)8-18)10-4-2-3-9(7-10)12(13,14)15/h2-7,18H,8H2,1H3/q+1. The molecular formula is C12H12F3N2O+. The Kier molecular flexibility index (Phi) is 3.00. The SMILES string of the molecule is C[N+]1(c2cccc(C(F)(F)F)c2)C=CN=C1CO. The molecule has 1 aromatic rings. The second-order valence-corrected chi connectivity index (χ2v) is 4.13. The number of hydrogen-bond acceptors (Lipinski definition) is 2. The van der Waals surface area contributed by atoms with Gasteiger partial charge in [-0.25, -0.2) is 9.48 Å². The Morgan fingerprint density at radius 3 is 2.67 bits per heavy atom. The molecule has 3 nitrogen and oxygen atoms in total. The van der Waals surface area contributed by atoms with Gasteiger partial charge in [-0.3, -0.25) is 0 Å². The van der Waals surface area contributed by atoms with Crippen molar-refractivity contribution in [1.29, 1.82) is 0 Å². The van der Waals surface area contributed by atoms with Crippen molar-refractivity contribution in [2.24, 2.45) is 4.99 Å². The molecule has 1 unspecified atom stereocenters. The highest BCUT2D eigenvalue weighted by molar-refractivity contribution is 5.97. The van der Waals surface area contributed by atoms with Crippen LogP contribution in [0.2, 0.25) is 0 Å². The summed E-state index contributed by atoms with van der Waals surface area (Å²) in [5.74, 6) is 0.384. The van der Waals surface area contributed by atoms with E-state index in [4.69, 9.17) is 0 Å². The molecule has 0 radical (unpaired) electrons. The van der Waals surface area contributed by atoms with E-state index in [0.29, 0.717) is 11.5 Å². The molecule has 96 valence electrons. The van der Waals surface area contributed by atoms with Gasteiger partial charge in [0.05, 0.1) is 18.8 Å². The molecule has 2 rings (SSSR count). The van der Waals surface area contributed by atoms with Crippen molar-refractivity contribution < 1.29 is 18.3 Å². The molecule has 0 bridgehead atoms. The number of halogens is 3. The number of rotatable bonds is 2. The van der Waals surface area contributed by atoms with Crippen LogP contribution in [0.4, 0.5) is 18.9 Å². The van der Waals surface area contributed by atoms with Crippen LogP contribution in [0.15, 0.2) is 41.7 Å². The zero-order valence-corrected chi connectivity index (χ0v) is 9.65.